The van der Waals surface area contributed by atoms with Gasteiger partial charge in [-0.05, 0) is 48.8 Å². The Balaban J connectivity index is 1.92. The Morgan fingerprint density at radius 3 is 2.64 bits per heavy atom. The molecule has 0 saturated heterocycles. The molecule has 3 rings (SSSR count). The van der Waals surface area contributed by atoms with Gasteiger partial charge in [-0.1, -0.05) is 19.8 Å². The summed E-state index contributed by atoms with van der Waals surface area (Å²) in [4.78, 5) is 0. The number of fused-ring (bicyclic) bond motifs is 3. The highest BCUT2D eigenvalue weighted by molar-refractivity contribution is 14.1. The molecule has 2 unspecified atom stereocenters. The molecule has 2 aliphatic heterocycles. The first-order valence-corrected chi connectivity index (χ1v) is 9.30. The molecule has 0 aromatic heterocycles. The Kier molecular flexibility index (Phi) is 4.36. The maximum atomic E-state index is 6.36. The van der Waals surface area contributed by atoms with Gasteiger partial charge in [-0.3, -0.25) is 0 Å². The van der Waals surface area contributed by atoms with E-state index >= 15 is 0 Å². The number of nitrogens with two attached hydrogens (primary N) is 2. The second-order valence-corrected chi connectivity index (χ2v) is 8.48. The van der Waals surface area contributed by atoms with Crippen LogP contribution < -0.4 is 20.9 Å². The molecule has 4 N–H and O–H groups in total. The van der Waals surface area contributed by atoms with Crippen LogP contribution in [0.15, 0.2) is 0 Å². The highest BCUT2D eigenvalue weighted by atomic mass is 127. The molecule has 2 aliphatic rings. The van der Waals surface area contributed by atoms with Crippen molar-refractivity contribution in [2.75, 3.05) is 11.5 Å². The summed E-state index contributed by atoms with van der Waals surface area (Å²) >= 11 is 2.46. The number of rotatable bonds is 4. The van der Waals surface area contributed by atoms with Gasteiger partial charge in [0.05, 0.1) is 0 Å². The molecule has 1 aromatic carbocycles. The minimum atomic E-state index is -0.153. The van der Waals surface area contributed by atoms with Crippen LogP contribution in [0.4, 0.5) is 11.4 Å². The molecule has 0 bridgehead atoms. The van der Waals surface area contributed by atoms with E-state index in [9.17, 15) is 0 Å². The topological polar surface area (TPSA) is 70.5 Å². The van der Waals surface area contributed by atoms with Crippen molar-refractivity contribution in [2.24, 2.45) is 0 Å². The summed E-state index contributed by atoms with van der Waals surface area (Å²) in [7, 11) is 0. The average Bonchev–Trinajstić information content (AvgIpc) is 2.87. The lowest BCUT2D eigenvalue weighted by Crippen LogP contribution is -2.34. The molecule has 4 nitrogen and oxygen atoms in total. The highest BCUT2D eigenvalue weighted by Crippen LogP contribution is 2.52. The van der Waals surface area contributed by atoms with Crippen LogP contribution in [0.2, 0.25) is 0 Å². The molecule has 0 aliphatic carbocycles. The summed E-state index contributed by atoms with van der Waals surface area (Å²) in [5, 5.41) is 0. The smallest absolute Gasteiger partial charge is 0.159 e. The number of nitrogen functional groups attached to an aromatic ring is 2. The molecule has 0 amide bonds. The average molecular weight is 416 g/mol. The molecule has 5 heteroatoms. The third-order valence-corrected chi connectivity index (χ3v) is 5.99. The quantitative estimate of drug-likeness (QED) is 0.254. The standard InChI is InChI=1S/C17H25IN2O2/c1-3-4-5-7-17(18)8-6-11-12-9-10(2)21-15(12)13(19)14(20)16(11)22-17/h10H,3-9,19-20H2,1-2H3. The number of unbranched alkanes of at least 4 members (excludes halogenated alkanes) is 2. The largest absolute Gasteiger partial charge is 0.488 e. The first kappa shape index (κ1) is 16.0. The fraction of sp³-hybridized carbons (Fsp3) is 0.647. The molecule has 0 fully saturated rings. The lowest BCUT2D eigenvalue weighted by Gasteiger charge is -2.36. The number of hydrogen-bond donors (Lipinski definition) is 2. The predicted molar refractivity (Wildman–Crippen MR) is 98.9 cm³/mol. The van der Waals surface area contributed by atoms with E-state index in [0.29, 0.717) is 11.4 Å². The van der Waals surface area contributed by atoms with Crippen LogP contribution in [-0.2, 0) is 12.8 Å². The number of ether oxygens (including phenoxy) is 2. The number of halogens is 1. The van der Waals surface area contributed by atoms with E-state index in [4.69, 9.17) is 20.9 Å². The molecule has 2 heterocycles. The van der Waals surface area contributed by atoms with E-state index in [1.165, 1.54) is 30.4 Å². The van der Waals surface area contributed by atoms with Gasteiger partial charge in [0, 0.05) is 24.0 Å². The van der Waals surface area contributed by atoms with Gasteiger partial charge < -0.3 is 20.9 Å². The summed E-state index contributed by atoms with van der Waals surface area (Å²) in [6, 6.07) is 0. The fourth-order valence-electron chi connectivity index (χ4n) is 3.47. The van der Waals surface area contributed by atoms with Crippen molar-refractivity contribution in [2.45, 2.75) is 68.5 Å². The number of alkyl halides is 1. The van der Waals surface area contributed by atoms with Gasteiger partial charge in [0.1, 0.15) is 29.0 Å². The first-order chi connectivity index (χ1) is 10.4. The normalized spacial score (nSPS) is 26.0. The molecular formula is C17H25IN2O2. The molecule has 122 valence electrons. The molecule has 22 heavy (non-hydrogen) atoms. The monoisotopic (exact) mass is 416 g/mol. The lowest BCUT2D eigenvalue weighted by atomic mass is 9.91. The summed E-state index contributed by atoms with van der Waals surface area (Å²) in [6.45, 7) is 4.29. The van der Waals surface area contributed by atoms with E-state index in [1.807, 2.05) is 0 Å². The Labute approximate surface area is 146 Å². The number of hydrogen-bond acceptors (Lipinski definition) is 4. The van der Waals surface area contributed by atoms with Gasteiger partial charge in [0.15, 0.2) is 3.61 Å². The van der Waals surface area contributed by atoms with Crippen molar-refractivity contribution >= 4 is 34.0 Å². The third-order valence-electron chi connectivity index (χ3n) is 4.69. The van der Waals surface area contributed by atoms with Gasteiger partial charge in [0.25, 0.3) is 0 Å². The van der Waals surface area contributed by atoms with Gasteiger partial charge in [-0.25, -0.2) is 0 Å². The van der Waals surface area contributed by atoms with Gasteiger partial charge in [-0.2, -0.15) is 0 Å². The second kappa shape index (κ2) is 5.98. The lowest BCUT2D eigenvalue weighted by molar-refractivity contribution is 0.144. The van der Waals surface area contributed by atoms with Crippen LogP contribution in [0, 0.1) is 0 Å². The zero-order chi connectivity index (χ0) is 15.9. The van der Waals surface area contributed by atoms with E-state index < -0.39 is 0 Å². The summed E-state index contributed by atoms with van der Waals surface area (Å²) in [5.74, 6) is 1.60. The highest BCUT2D eigenvalue weighted by Gasteiger charge is 2.38. The van der Waals surface area contributed by atoms with Crippen molar-refractivity contribution in [1.82, 2.24) is 0 Å². The maximum absolute atomic E-state index is 6.36. The maximum Gasteiger partial charge on any atom is 0.159 e. The fourth-order valence-corrected chi connectivity index (χ4v) is 4.34. The molecule has 0 radical (unpaired) electrons. The van der Waals surface area contributed by atoms with Crippen molar-refractivity contribution in [3.05, 3.63) is 11.1 Å². The van der Waals surface area contributed by atoms with Crippen LogP contribution in [0.25, 0.3) is 0 Å². The Hall–Kier alpha value is -0.850. The second-order valence-electron chi connectivity index (χ2n) is 6.52. The predicted octanol–water partition coefficient (Wildman–Crippen LogP) is 4.21. The van der Waals surface area contributed by atoms with Crippen molar-refractivity contribution in [3.63, 3.8) is 0 Å². The van der Waals surface area contributed by atoms with Crippen molar-refractivity contribution in [1.29, 1.82) is 0 Å². The van der Waals surface area contributed by atoms with E-state index in [1.54, 1.807) is 0 Å². The number of benzene rings is 1. The van der Waals surface area contributed by atoms with Crippen molar-refractivity contribution in [3.8, 4) is 11.5 Å². The zero-order valence-electron chi connectivity index (χ0n) is 13.4. The SMILES string of the molecule is CCCCCC1(I)CCc2c3c(c(N)c(N)c2O1)OC(C)C3. The van der Waals surface area contributed by atoms with E-state index in [0.717, 1.165) is 37.2 Å². The van der Waals surface area contributed by atoms with Crippen LogP contribution in [-0.4, -0.2) is 9.71 Å². The van der Waals surface area contributed by atoms with E-state index in [2.05, 4.69) is 36.4 Å². The summed E-state index contributed by atoms with van der Waals surface area (Å²) < 4.78 is 12.1. The van der Waals surface area contributed by atoms with Gasteiger partial charge >= 0.3 is 0 Å². The Bertz CT molecular complexity index is 591. The molecule has 2 atom stereocenters. The minimum Gasteiger partial charge on any atom is -0.488 e. The van der Waals surface area contributed by atoms with Crippen LogP contribution in [0.1, 0.15) is 57.1 Å². The third kappa shape index (κ3) is 2.72. The first-order valence-electron chi connectivity index (χ1n) is 8.22. The summed E-state index contributed by atoms with van der Waals surface area (Å²) in [6.07, 6.45) is 7.80. The van der Waals surface area contributed by atoms with Crippen LogP contribution in [0.3, 0.4) is 0 Å². The minimum absolute atomic E-state index is 0.153. The molecule has 0 spiro atoms. The van der Waals surface area contributed by atoms with Gasteiger partial charge in [-0.15, -0.1) is 0 Å². The Morgan fingerprint density at radius 2 is 1.91 bits per heavy atom. The molecular weight excluding hydrogens is 391 g/mol. The van der Waals surface area contributed by atoms with Gasteiger partial charge in [0.2, 0.25) is 0 Å². The Morgan fingerprint density at radius 1 is 1.18 bits per heavy atom. The van der Waals surface area contributed by atoms with Crippen LogP contribution in [0.5, 0.6) is 11.5 Å². The van der Waals surface area contributed by atoms with Crippen LogP contribution >= 0.6 is 22.6 Å². The molecule has 0 saturated carbocycles. The van der Waals surface area contributed by atoms with E-state index in [-0.39, 0.29) is 9.71 Å². The molecule has 1 aromatic rings. The van der Waals surface area contributed by atoms with Crippen molar-refractivity contribution < 1.29 is 9.47 Å². The number of anilines is 2. The summed E-state index contributed by atoms with van der Waals surface area (Å²) in [5.41, 5.74) is 16.0. The zero-order valence-corrected chi connectivity index (χ0v) is 15.5.